The number of halogens is 3. The summed E-state index contributed by atoms with van der Waals surface area (Å²) < 4.78 is 38.4. The quantitative estimate of drug-likeness (QED) is 0.786. The van der Waals surface area contributed by atoms with Crippen LogP contribution in [-0.2, 0) is 27.1 Å². The molecule has 2 N–H and O–H groups in total. The smallest absolute Gasteiger partial charge is 0.416 e. The van der Waals surface area contributed by atoms with Crippen LogP contribution in [-0.4, -0.2) is 39.9 Å². The van der Waals surface area contributed by atoms with E-state index >= 15 is 0 Å². The van der Waals surface area contributed by atoms with Gasteiger partial charge in [0.25, 0.3) is 0 Å². The molecule has 1 fully saturated rings. The second-order valence-electron chi connectivity index (χ2n) is 6.85. The first-order chi connectivity index (χ1) is 12.5. The molecule has 2 rings (SSSR count). The average Bonchev–Trinajstić information content (AvgIpc) is 2.95. The molecule has 27 heavy (non-hydrogen) atoms. The monoisotopic (exact) mass is 386 g/mol. The van der Waals surface area contributed by atoms with E-state index in [0.29, 0.717) is 5.56 Å². The summed E-state index contributed by atoms with van der Waals surface area (Å²) in [7, 11) is 0. The highest BCUT2D eigenvalue weighted by molar-refractivity contribution is 5.92. The van der Waals surface area contributed by atoms with Crippen LogP contribution in [0.5, 0.6) is 0 Å². The fraction of sp³-hybridized carbons (Fsp3) is 0.500. The first-order valence-electron chi connectivity index (χ1n) is 8.45. The zero-order valence-corrected chi connectivity index (χ0v) is 15.0. The van der Waals surface area contributed by atoms with Gasteiger partial charge in [0, 0.05) is 19.5 Å². The van der Waals surface area contributed by atoms with E-state index in [9.17, 15) is 32.7 Å². The zero-order chi connectivity index (χ0) is 20.4. The van der Waals surface area contributed by atoms with Crippen LogP contribution in [0.15, 0.2) is 24.3 Å². The van der Waals surface area contributed by atoms with Crippen LogP contribution in [0.1, 0.15) is 37.8 Å². The maximum atomic E-state index is 12.8. The van der Waals surface area contributed by atoms with Crippen LogP contribution in [0, 0.1) is 5.92 Å². The lowest BCUT2D eigenvalue weighted by Gasteiger charge is -2.26. The summed E-state index contributed by atoms with van der Waals surface area (Å²) in [5.41, 5.74) is -1.93. The minimum atomic E-state index is -4.48. The molecule has 0 bridgehead atoms. The highest BCUT2D eigenvalue weighted by Gasteiger charge is 2.39. The van der Waals surface area contributed by atoms with Gasteiger partial charge in [-0.25, -0.2) is 4.79 Å². The van der Waals surface area contributed by atoms with Crippen molar-refractivity contribution in [3.05, 3.63) is 35.4 Å². The molecule has 9 heteroatoms. The van der Waals surface area contributed by atoms with Gasteiger partial charge in [0.1, 0.15) is 5.54 Å². The van der Waals surface area contributed by atoms with Crippen LogP contribution in [0.4, 0.5) is 13.2 Å². The number of benzene rings is 1. The molecule has 1 aliphatic heterocycles. The second kappa shape index (κ2) is 7.58. The summed E-state index contributed by atoms with van der Waals surface area (Å²) in [6.07, 6.45) is -4.41. The first-order valence-corrected chi connectivity index (χ1v) is 8.45. The number of nitrogens with one attached hydrogen (secondary N) is 1. The molecule has 0 saturated carbocycles. The van der Waals surface area contributed by atoms with Crippen LogP contribution in [0.2, 0.25) is 0 Å². The Kier molecular flexibility index (Phi) is 5.82. The van der Waals surface area contributed by atoms with Crippen molar-refractivity contribution in [3.63, 3.8) is 0 Å². The molecule has 148 valence electrons. The molecule has 6 nitrogen and oxygen atoms in total. The molecular formula is C18H21F3N2O4. The molecule has 0 aliphatic carbocycles. The molecule has 0 radical (unpaired) electrons. The van der Waals surface area contributed by atoms with Gasteiger partial charge in [0.2, 0.25) is 11.8 Å². The predicted octanol–water partition coefficient (Wildman–Crippen LogP) is 2.42. The van der Waals surface area contributed by atoms with E-state index in [1.165, 1.54) is 24.0 Å². The van der Waals surface area contributed by atoms with Crippen molar-refractivity contribution in [2.24, 2.45) is 5.92 Å². The van der Waals surface area contributed by atoms with Gasteiger partial charge in [-0.3, -0.25) is 9.59 Å². The van der Waals surface area contributed by atoms with Crippen molar-refractivity contribution < 1.29 is 32.7 Å². The van der Waals surface area contributed by atoms with Crippen LogP contribution >= 0.6 is 0 Å². The van der Waals surface area contributed by atoms with E-state index in [1.807, 2.05) is 0 Å². The number of carbonyl (C=O) groups excluding carboxylic acids is 2. The van der Waals surface area contributed by atoms with Gasteiger partial charge in [0.05, 0.1) is 11.5 Å². The Morgan fingerprint density at radius 2 is 2.00 bits per heavy atom. The topological polar surface area (TPSA) is 86.7 Å². The lowest BCUT2D eigenvalue weighted by molar-refractivity contribution is -0.147. The SMILES string of the molecule is CCC(C)(NC(=O)C1CC(=O)N(Cc2cccc(C(F)(F)F)c2)C1)C(=O)O. The van der Waals surface area contributed by atoms with Gasteiger partial charge in [-0.1, -0.05) is 19.1 Å². The van der Waals surface area contributed by atoms with Crippen LogP contribution in [0.25, 0.3) is 0 Å². The number of carboxylic acids is 1. The molecule has 2 atom stereocenters. The maximum Gasteiger partial charge on any atom is 0.416 e. The Hall–Kier alpha value is -2.58. The first kappa shape index (κ1) is 20.7. The Balaban J connectivity index is 2.05. The molecule has 1 aromatic carbocycles. The minimum absolute atomic E-state index is 0.0281. The van der Waals surface area contributed by atoms with Crippen molar-refractivity contribution in [1.82, 2.24) is 10.2 Å². The van der Waals surface area contributed by atoms with Gasteiger partial charge in [0.15, 0.2) is 0 Å². The molecule has 0 aromatic heterocycles. The Labute approximate surface area is 154 Å². The highest BCUT2D eigenvalue weighted by atomic mass is 19.4. The van der Waals surface area contributed by atoms with E-state index in [4.69, 9.17) is 0 Å². The molecule has 2 amide bonds. The molecule has 2 unspecified atom stereocenters. The third-order valence-corrected chi connectivity index (χ3v) is 4.79. The number of hydrogen-bond donors (Lipinski definition) is 2. The van der Waals surface area contributed by atoms with Crippen LogP contribution < -0.4 is 5.32 Å². The lowest BCUT2D eigenvalue weighted by Crippen LogP contribution is -2.53. The minimum Gasteiger partial charge on any atom is -0.480 e. The number of amides is 2. The number of carbonyl (C=O) groups is 3. The highest BCUT2D eigenvalue weighted by Crippen LogP contribution is 2.30. The molecule has 1 saturated heterocycles. The predicted molar refractivity (Wildman–Crippen MR) is 89.4 cm³/mol. The summed E-state index contributed by atoms with van der Waals surface area (Å²) >= 11 is 0. The van der Waals surface area contributed by atoms with Crippen molar-refractivity contribution in [2.75, 3.05) is 6.54 Å². The maximum absolute atomic E-state index is 12.8. The summed E-state index contributed by atoms with van der Waals surface area (Å²) in [5, 5.41) is 11.7. The van der Waals surface area contributed by atoms with Crippen molar-refractivity contribution in [1.29, 1.82) is 0 Å². The number of nitrogens with zero attached hydrogens (tertiary/aromatic N) is 1. The Morgan fingerprint density at radius 3 is 2.56 bits per heavy atom. The Bertz CT molecular complexity index is 750. The van der Waals surface area contributed by atoms with Crippen LogP contribution in [0.3, 0.4) is 0 Å². The summed E-state index contributed by atoms with van der Waals surface area (Å²) in [4.78, 5) is 37.1. The molecule has 1 aromatic rings. The van der Waals surface area contributed by atoms with Crippen molar-refractivity contribution in [3.8, 4) is 0 Å². The van der Waals surface area contributed by atoms with E-state index in [-0.39, 0.29) is 31.8 Å². The number of alkyl halides is 3. The van der Waals surface area contributed by atoms with E-state index in [1.54, 1.807) is 6.92 Å². The number of rotatable bonds is 6. The summed E-state index contributed by atoms with van der Waals surface area (Å²) in [6, 6.07) is 4.67. The zero-order valence-electron chi connectivity index (χ0n) is 15.0. The molecule has 1 heterocycles. The second-order valence-corrected chi connectivity index (χ2v) is 6.85. The molecule has 1 aliphatic rings. The van der Waals surface area contributed by atoms with Crippen molar-refractivity contribution >= 4 is 17.8 Å². The Morgan fingerprint density at radius 1 is 1.33 bits per heavy atom. The lowest BCUT2D eigenvalue weighted by atomic mass is 9.97. The number of aliphatic carboxylic acids is 1. The molecule has 0 spiro atoms. The van der Waals surface area contributed by atoms with Gasteiger partial charge in [-0.05, 0) is 31.0 Å². The number of likely N-dealkylation sites (tertiary alicyclic amines) is 1. The normalized spacial score (nSPS) is 19.7. The van der Waals surface area contributed by atoms with Crippen molar-refractivity contribution in [2.45, 2.75) is 44.9 Å². The van der Waals surface area contributed by atoms with Gasteiger partial charge < -0.3 is 15.3 Å². The van der Waals surface area contributed by atoms with Gasteiger partial charge in [-0.2, -0.15) is 13.2 Å². The summed E-state index contributed by atoms with van der Waals surface area (Å²) in [6.45, 7) is 2.98. The van der Waals surface area contributed by atoms with E-state index < -0.39 is 35.1 Å². The third kappa shape index (κ3) is 4.78. The van der Waals surface area contributed by atoms with Gasteiger partial charge >= 0.3 is 12.1 Å². The van der Waals surface area contributed by atoms with E-state index in [2.05, 4.69) is 5.32 Å². The summed E-state index contributed by atoms with van der Waals surface area (Å²) in [5.74, 6) is -2.83. The molecular weight excluding hydrogens is 365 g/mol. The third-order valence-electron chi connectivity index (χ3n) is 4.79. The number of carboxylic acid groups (broad SMARTS) is 1. The van der Waals surface area contributed by atoms with E-state index in [0.717, 1.165) is 12.1 Å². The number of hydrogen-bond acceptors (Lipinski definition) is 3. The average molecular weight is 386 g/mol. The standard InChI is InChI=1S/C18H21F3N2O4/c1-3-17(2,16(26)27)22-15(25)12-8-14(24)23(10-12)9-11-5-4-6-13(7-11)18(19,20)21/h4-7,12H,3,8-10H2,1-2H3,(H,22,25)(H,26,27). The van der Waals surface area contributed by atoms with Gasteiger partial charge in [-0.15, -0.1) is 0 Å². The fourth-order valence-electron chi connectivity index (χ4n) is 2.83. The largest absolute Gasteiger partial charge is 0.480 e. The fourth-order valence-corrected chi connectivity index (χ4v) is 2.83.